The first-order chi connectivity index (χ1) is 6.50. The maximum atomic E-state index is 11.3. The third-order valence-corrected chi connectivity index (χ3v) is 4.82. The summed E-state index contributed by atoms with van der Waals surface area (Å²) in [6.45, 7) is 2.09. The SMILES string of the molecule is CC1CSc2c1cccc2S(N)(=O)=O. The van der Waals surface area contributed by atoms with Crippen molar-refractivity contribution in [3.8, 4) is 0 Å². The van der Waals surface area contributed by atoms with Gasteiger partial charge in [-0.3, -0.25) is 0 Å². The lowest BCUT2D eigenvalue weighted by Gasteiger charge is -2.06. The van der Waals surface area contributed by atoms with E-state index in [-0.39, 0.29) is 4.90 Å². The lowest BCUT2D eigenvalue weighted by atomic mass is 10.0. The predicted octanol–water partition coefficient (Wildman–Crippen LogP) is 1.54. The van der Waals surface area contributed by atoms with Crippen molar-refractivity contribution in [1.29, 1.82) is 0 Å². The van der Waals surface area contributed by atoms with Crippen molar-refractivity contribution in [1.82, 2.24) is 0 Å². The molecule has 1 heterocycles. The fraction of sp³-hybridized carbons (Fsp3) is 0.333. The van der Waals surface area contributed by atoms with Gasteiger partial charge in [-0.05, 0) is 17.5 Å². The van der Waals surface area contributed by atoms with Crippen molar-refractivity contribution in [3.63, 3.8) is 0 Å². The zero-order valence-electron chi connectivity index (χ0n) is 7.73. The van der Waals surface area contributed by atoms with Crippen LogP contribution in [-0.2, 0) is 10.0 Å². The zero-order chi connectivity index (χ0) is 10.3. The topological polar surface area (TPSA) is 60.2 Å². The van der Waals surface area contributed by atoms with Crippen LogP contribution in [0.5, 0.6) is 0 Å². The molecule has 0 saturated carbocycles. The second-order valence-electron chi connectivity index (χ2n) is 3.43. The highest BCUT2D eigenvalue weighted by Gasteiger charge is 2.25. The zero-order valence-corrected chi connectivity index (χ0v) is 9.36. The Morgan fingerprint density at radius 2 is 2.21 bits per heavy atom. The number of nitrogens with two attached hydrogens (primary N) is 1. The Bertz CT molecular complexity index is 468. The van der Waals surface area contributed by atoms with E-state index in [9.17, 15) is 8.42 Å². The van der Waals surface area contributed by atoms with Crippen LogP contribution < -0.4 is 5.14 Å². The van der Waals surface area contributed by atoms with Crippen LogP contribution in [0.25, 0.3) is 0 Å². The van der Waals surface area contributed by atoms with Gasteiger partial charge < -0.3 is 0 Å². The minimum Gasteiger partial charge on any atom is -0.225 e. The largest absolute Gasteiger partial charge is 0.239 e. The van der Waals surface area contributed by atoms with Crippen molar-refractivity contribution in [2.45, 2.75) is 22.6 Å². The van der Waals surface area contributed by atoms with Crippen LogP contribution >= 0.6 is 11.8 Å². The van der Waals surface area contributed by atoms with E-state index >= 15 is 0 Å². The Morgan fingerprint density at radius 3 is 2.86 bits per heavy atom. The van der Waals surface area contributed by atoms with Gasteiger partial charge in [0.1, 0.15) is 0 Å². The number of primary sulfonamides is 1. The first kappa shape index (κ1) is 10.0. The maximum absolute atomic E-state index is 11.3. The molecule has 3 nitrogen and oxygen atoms in total. The van der Waals surface area contributed by atoms with Gasteiger partial charge in [0.25, 0.3) is 0 Å². The summed E-state index contributed by atoms with van der Waals surface area (Å²) in [7, 11) is -3.57. The molecule has 5 heteroatoms. The van der Waals surface area contributed by atoms with E-state index in [1.54, 1.807) is 23.9 Å². The van der Waals surface area contributed by atoms with Crippen molar-refractivity contribution in [2.75, 3.05) is 5.75 Å². The summed E-state index contributed by atoms with van der Waals surface area (Å²) in [5, 5.41) is 5.13. The molecule has 0 fully saturated rings. The number of hydrogen-bond donors (Lipinski definition) is 1. The Labute approximate surface area is 87.7 Å². The van der Waals surface area contributed by atoms with E-state index in [0.717, 1.165) is 16.2 Å². The number of thioether (sulfide) groups is 1. The Balaban J connectivity index is 2.67. The smallest absolute Gasteiger partial charge is 0.225 e. The van der Waals surface area contributed by atoms with Crippen LogP contribution in [0.4, 0.5) is 0 Å². The Hall–Kier alpha value is -0.520. The molecule has 1 aliphatic rings. The van der Waals surface area contributed by atoms with Crippen molar-refractivity contribution in [3.05, 3.63) is 23.8 Å². The second-order valence-corrected chi connectivity index (χ2v) is 5.99. The highest BCUT2D eigenvalue weighted by atomic mass is 32.2. The van der Waals surface area contributed by atoms with Gasteiger partial charge in [0.15, 0.2) is 0 Å². The average molecular weight is 229 g/mol. The molecule has 76 valence electrons. The number of sulfonamides is 1. The van der Waals surface area contributed by atoms with E-state index in [1.165, 1.54) is 0 Å². The molecule has 0 saturated heterocycles. The molecule has 14 heavy (non-hydrogen) atoms. The maximum Gasteiger partial charge on any atom is 0.239 e. The molecule has 0 spiro atoms. The van der Waals surface area contributed by atoms with Crippen molar-refractivity contribution in [2.24, 2.45) is 5.14 Å². The fourth-order valence-electron chi connectivity index (χ4n) is 1.60. The van der Waals surface area contributed by atoms with Crippen molar-refractivity contribution >= 4 is 21.8 Å². The molecule has 1 aromatic carbocycles. The standard InChI is InChI=1S/C9H11NO2S2/c1-6-5-13-9-7(6)3-2-4-8(9)14(10,11)12/h2-4,6H,5H2,1H3,(H2,10,11,12). The molecule has 0 amide bonds. The molecule has 1 atom stereocenters. The molecule has 1 unspecified atom stereocenters. The molecular formula is C9H11NO2S2. The third-order valence-electron chi connectivity index (χ3n) is 2.32. The van der Waals surface area contributed by atoms with Crippen LogP contribution in [0.3, 0.4) is 0 Å². The summed E-state index contributed by atoms with van der Waals surface area (Å²) < 4.78 is 22.5. The molecule has 2 N–H and O–H groups in total. The number of rotatable bonds is 1. The molecular weight excluding hydrogens is 218 g/mol. The first-order valence-corrected chi connectivity index (χ1v) is 6.82. The fourth-order valence-corrected chi connectivity index (χ4v) is 4.01. The molecule has 0 bridgehead atoms. The van der Waals surface area contributed by atoms with E-state index in [4.69, 9.17) is 5.14 Å². The molecule has 0 radical (unpaired) electrons. The summed E-state index contributed by atoms with van der Waals surface area (Å²) in [4.78, 5) is 1.10. The summed E-state index contributed by atoms with van der Waals surface area (Å²) in [6, 6.07) is 5.29. The van der Waals surface area contributed by atoms with Gasteiger partial charge in [-0.1, -0.05) is 19.1 Å². The van der Waals surface area contributed by atoms with Crippen LogP contribution in [0.15, 0.2) is 28.0 Å². The third kappa shape index (κ3) is 1.55. The molecule has 0 aliphatic carbocycles. The quantitative estimate of drug-likeness (QED) is 0.794. The highest BCUT2D eigenvalue weighted by Crippen LogP contribution is 2.42. The van der Waals surface area contributed by atoms with Gasteiger partial charge in [-0.2, -0.15) is 0 Å². The van der Waals surface area contributed by atoms with Gasteiger partial charge >= 0.3 is 0 Å². The summed E-state index contributed by atoms with van der Waals surface area (Å²) >= 11 is 1.57. The molecule has 1 aromatic rings. The normalized spacial score (nSPS) is 20.9. The lowest BCUT2D eigenvalue weighted by Crippen LogP contribution is -2.13. The minimum atomic E-state index is -3.57. The van der Waals surface area contributed by atoms with E-state index in [2.05, 4.69) is 6.92 Å². The Morgan fingerprint density at radius 1 is 1.50 bits per heavy atom. The Kier molecular flexibility index (Phi) is 2.33. The molecule has 1 aliphatic heterocycles. The van der Waals surface area contributed by atoms with E-state index in [1.807, 2.05) is 6.07 Å². The first-order valence-electron chi connectivity index (χ1n) is 4.28. The van der Waals surface area contributed by atoms with E-state index < -0.39 is 10.0 Å². The van der Waals surface area contributed by atoms with E-state index in [0.29, 0.717) is 5.92 Å². The van der Waals surface area contributed by atoms with Crippen LogP contribution in [0.1, 0.15) is 18.4 Å². The number of fused-ring (bicyclic) bond motifs is 1. The number of hydrogen-bond acceptors (Lipinski definition) is 3. The lowest BCUT2D eigenvalue weighted by molar-refractivity contribution is 0.595. The van der Waals surface area contributed by atoms with Gasteiger partial charge in [0.2, 0.25) is 10.0 Å². The summed E-state index contributed by atoms with van der Waals surface area (Å²) in [6.07, 6.45) is 0. The minimum absolute atomic E-state index is 0.268. The summed E-state index contributed by atoms with van der Waals surface area (Å²) in [5.74, 6) is 1.35. The van der Waals surface area contributed by atoms with Gasteiger partial charge in [-0.25, -0.2) is 13.6 Å². The van der Waals surface area contributed by atoms with Gasteiger partial charge in [-0.15, -0.1) is 11.8 Å². The van der Waals surface area contributed by atoms with Crippen LogP contribution in [0.2, 0.25) is 0 Å². The highest BCUT2D eigenvalue weighted by molar-refractivity contribution is 8.00. The van der Waals surface area contributed by atoms with Crippen molar-refractivity contribution < 1.29 is 8.42 Å². The average Bonchev–Trinajstić information content (AvgIpc) is 2.46. The summed E-state index contributed by atoms with van der Waals surface area (Å²) in [5.41, 5.74) is 1.10. The number of benzene rings is 1. The van der Waals surface area contributed by atoms with Crippen LogP contribution in [0, 0.1) is 0 Å². The predicted molar refractivity (Wildman–Crippen MR) is 57.0 cm³/mol. The van der Waals surface area contributed by atoms with Crippen LogP contribution in [-0.4, -0.2) is 14.2 Å². The molecule has 2 rings (SSSR count). The molecule has 0 aromatic heterocycles. The second kappa shape index (κ2) is 3.25. The monoisotopic (exact) mass is 229 g/mol. The van der Waals surface area contributed by atoms with Gasteiger partial charge in [0.05, 0.1) is 4.90 Å². The van der Waals surface area contributed by atoms with Gasteiger partial charge in [0, 0.05) is 10.6 Å².